The van der Waals surface area contributed by atoms with Gasteiger partial charge in [0.15, 0.2) is 5.01 Å². The van der Waals surface area contributed by atoms with E-state index in [4.69, 9.17) is 4.74 Å². The van der Waals surface area contributed by atoms with E-state index in [1.165, 1.54) is 13.0 Å². The number of aromatic nitrogens is 3. The van der Waals surface area contributed by atoms with Gasteiger partial charge in [0, 0.05) is 11.8 Å². The van der Waals surface area contributed by atoms with Gasteiger partial charge in [0.1, 0.15) is 12.6 Å². The number of ether oxygens (including phenoxy) is 1. The van der Waals surface area contributed by atoms with Gasteiger partial charge in [-0.3, -0.25) is 19.3 Å². The standard InChI is InChI=1S/C18H18N4O5S/c1-9-7-14(23)22-18(19-9)28-13(20-22)8-27-17(26)10(2)21-15(24)11-5-3-4-6-12(11)16(21)25/h3-4,7,10-12H,5-6,8H2,1-2H3/t10-,11-,12-/m0/s1. The molecule has 2 aliphatic rings. The highest BCUT2D eigenvalue weighted by molar-refractivity contribution is 7.16. The summed E-state index contributed by atoms with van der Waals surface area (Å²) in [4.78, 5) is 55.1. The average Bonchev–Trinajstić information content (AvgIpc) is 3.19. The number of rotatable bonds is 4. The SMILES string of the molecule is Cc1cc(=O)n2nc(COC(=O)[C@H](C)N3C(=O)[C@H]4CC=CC[C@@H]4C3=O)sc2n1. The molecule has 1 aliphatic carbocycles. The van der Waals surface area contributed by atoms with E-state index in [0.717, 1.165) is 20.8 Å². The summed E-state index contributed by atoms with van der Waals surface area (Å²) in [6.45, 7) is 3.02. The van der Waals surface area contributed by atoms with Crippen LogP contribution < -0.4 is 5.56 Å². The van der Waals surface area contributed by atoms with Gasteiger partial charge in [0.25, 0.3) is 5.56 Å². The summed E-state index contributed by atoms with van der Waals surface area (Å²) in [5.74, 6) is -2.12. The first-order chi connectivity index (χ1) is 13.4. The van der Waals surface area contributed by atoms with Crippen LogP contribution in [0.1, 0.15) is 30.5 Å². The van der Waals surface area contributed by atoms with E-state index in [0.29, 0.717) is 28.5 Å². The predicted molar refractivity (Wildman–Crippen MR) is 98.3 cm³/mol. The second kappa shape index (κ2) is 6.93. The molecule has 9 nitrogen and oxygen atoms in total. The summed E-state index contributed by atoms with van der Waals surface area (Å²) in [7, 11) is 0. The smallest absolute Gasteiger partial charge is 0.329 e. The van der Waals surface area contributed by atoms with Crippen LogP contribution in [0.25, 0.3) is 4.96 Å². The zero-order chi connectivity index (χ0) is 20.0. The number of nitrogens with zero attached hydrogens (tertiary/aromatic N) is 4. The van der Waals surface area contributed by atoms with Crippen molar-refractivity contribution in [3.05, 3.63) is 39.3 Å². The summed E-state index contributed by atoms with van der Waals surface area (Å²) < 4.78 is 6.40. The van der Waals surface area contributed by atoms with Crippen LogP contribution in [0.3, 0.4) is 0 Å². The third kappa shape index (κ3) is 3.03. The molecule has 2 aromatic heterocycles. The molecular weight excluding hydrogens is 384 g/mol. The molecule has 2 amide bonds. The van der Waals surface area contributed by atoms with Gasteiger partial charge in [0.05, 0.1) is 11.8 Å². The van der Waals surface area contributed by atoms with Crippen molar-refractivity contribution < 1.29 is 19.1 Å². The van der Waals surface area contributed by atoms with Crippen LogP contribution in [0.5, 0.6) is 0 Å². The zero-order valence-corrected chi connectivity index (χ0v) is 16.1. The van der Waals surface area contributed by atoms with Gasteiger partial charge in [-0.2, -0.15) is 9.61 Å². The van der Waals surface area contributed by atoms with E-state index in [1.807, 2.05) is 12.2 Å². The summed E-state index contributed by atoms with van der Waals surface area (Å²) in [6.07, 6.45) is 4.81. The summed E-state index contributed by atoms with van der Waals surface area (Å²) in [5.41, 5.74) is 0.266. The number of amides is 2. The van der Waals surface area contributed by atoms with Gasteiger partial charge in [-0.1, -0.05) is 23.5 Å². The molecule has 1 fully saturated rings. The number of aryl methyl sites for hydroxylation is 1. The first-order valence-corrected chi connectivity index (χ1v) is 9.73. The fourth-order valence-electron chi connectivity index (χ4n) is 3.58. The third-order valence-electron chi connectivity index (χ3n) is 5.02. The Morgan fingerprint density at radius 3 is 2.54 bits per heavy atom. The number of esters is 1. The largest absolute Gasteiger partial charge is 0.457 e. The molecule has 1 saturated heterocycles. The summed E-state index contributed by atoms with van der Waals surface area (Å²) >= 11 is 1.14. The van der Waals surface area contributed by atoms with E-state index in [1.54, 1.807) is 6.92 Å². The summed E-state index contributed by atoms with van der Waals surface area (Å²) in [5, 5.41) is 4.49. The fraction of sp³-hybridized carbons (Fsp3) is 0.444. The van der Waals surface area contributed by atoms with Crippen LogP contribution in [-0.4, -0.2) is 43.3 Å². The first kappa shape index (κ1) is 18.5. The van der Waals surface area contributed by atoms with E-state index < -0.39 is 23.8 Å². The molecule has 0 aromatic carbocycles. The molecular formula is C18H18N4O5S. The number of allylic oxidation sites excluding steroid dienone is 2. The summed E-state index contributed by atoms with van der Waals surface area (Å²) in [6, 6.07) is 0.354. The van der Waals surface area contributed by atoms with Gasteiger partial charge in [-0.25, -0.2) is 9.78 Å². The Bertz CT molecular complexity index is 1050. The Hall–Kier alpha value is -2.88. The molecule has 0 saturated carbocycles. The molecule has 0 unspecified atom stereocenters. The fourth-order valence-corrected chi connectivity index (χ4v) is 4.44. The van der Waals surface area contributed by atoms with E-state index in [2.05, 4.69) is 10.1 Å². The number of carbonyl (C=O) groups is 3. The molecule has 10 heteroatoms. The number of imide groups is 1. The lowest BCUT2D eigenvalue weighted by Gasteiger charge is -2.21. The topological polar surface area (TPSA) is 111 Å². The number of carbonyl (C=O) groups excluding carboxylic acids is 3. The van der Waals surface area contributed by atoms with Crippen LogP contribution in [0.15, 0.2) is 23.0 Å². The molecule has 0 bridgehead atoms. The Morgan fingerprint density at radius 2 is 1.89 bits per heavy atom. The third-order valence-corrected chi connectivity index (χ3v) is 5.90. The van der Waals surface area contributed by atoms with Crippen molar-refractivity contribution in [3.63, 3.8) is 0 Å². The van der Waals surface area contributed by atoms with Gasteiger partial charge in [0.2, 0.25) is 16.8 Å². The molecule has 28 heavy (non-hydrogen) atoms. The van der Waals surface area contributed by atoms with Gasteiger partial charge in [-0.05, 0) is 26.7 Å². The van der Waals surface area contributed by atoms with Crippen molar-refractivity contribution in [2.75, 3.05) is 0 Å². The average molecular weight is 402 g/mol. The second-order valence-electron chi connectivity index (χ2n) is 6.91. The maximum absolute atomic E-state index is 12.6. The van der Waals surface area contributed by atoms with Crippen LogP contribution in [0, 0.1) is 18.8 Å². The quantitative estimate of drug-likeness (QED) is 0.423. The molecule has 3 heterocycles. The molecule has 4 rings (SSSR count). The molecule has 0 radical (unpaired) electrons. The molecule has 0 N–H and O–H groups in total. The van der Waals surface area contributed by atoms with Gasteiger partial charge in [-0.15, -0.1) is 0 Å². The van der Waals surface area contributed by atoms with E-state index >= 15 is 0 Å². The van der Waals surface area contributed by atoms with Crippen LogP contribution >= 0.6 is 11.3 Å². The van der Waals surface area contributed by atoms with Crippen molar-refractivity contribution in [2.45, 2.75) is 39.3 Å². The highest BCUT2D eigenvalue weighted by atomic mass is 32.1. The van der Waals surface area contributed by atoms with Crippen LogP contribution in [0.4, 0.5) is 0 Å². The molecule has 2 aromatic rings. The monoisotopic (exact) mass is 402 g/mol. The molecule has 1 aliphatic heterocycles. The van der Waals surface area contributed by atoms with Gasteiger partial charge < -0.3 is 4.74 Å². The first-order valence-electron chi connectivity index (χ1n) is 8.91. The lowest BCUT2D eigenvalue weighted by atomic mass is 9.85. The molecule has 3 atom stereocenters. The van der Waals surface area contributed by atoms with E-state index in [9.17, 15) is 19.2 Å². The Morgan fingerprint density at radius 1 is 1.25 bits per heavy atom. The number of hydrogen-bond donors (Lipinski definition) is 0. The second-order valence-corrected chi connectivity index (χ2v) is 7.95. The Kier molecular flexibility index (Phi) is 4.58. The lowest BCUT2D eigenvalue weighted by Crippen LogP contribution is -2.44. The Labute approximate surface area is 163 Å². The van der Waals surface area contributed by atoms with Crippen molar-refractivity contribution in [3.8, 4) is 0 Å². The minimum absolute atomic E-state index is 0.166. The normalized spacial score (nSPS) is 22.6. The lowest BCUT2D eigenvalue weighted by molar-refractivity contribution is -0.159. The number of likely N-dealkylation sites (tertiary alicyclic amines) is 1. The highest BCUT2D eigenvalue weighted by Gasteiger charge is 2.50. The maximum Gasteiger partial charge on any atom is 0.329 e. The number of hydrogen-bond acceptors (Lipinski definition) is 8. The molecule has 0 spiro atoms. The zero-order valence-electron chi connectivity index (χ0n) is 15.3. The number of fused-ring (bicyclic) bond motifs is 2. The Balaban J connectivity index is 1.45. The predicted octanol–water partition coefficient (Wildman–Crippen LogP) is 0.842. The molecule has 146 valence electrons. The van der Waals surface area contributed by atoms with E-state index in [-0.39, 0.29) is 24.0 Å². The van der Waals surface area contributed by atoms with Gasteiger partial charge >= 0.3 is 5.97 Å². The van der Waals surface area contributed by atoms with Crippen molar-refractivity contribution in [1.29, 1.82) is 0 Å². The minimum Gasteiger partial charge on any atom is -0.457 e. The highest BCUT2D eigenvalue weighted by Crippen LogP contribution is 2.36. The van der Waals surface area contributed by atoms with Crippen LogP contribution in [-0.2, 0) is 25.7 Å². The minimum atomic E-state index is -1.01. The van der Waals surface area contributed by atoms with Crippen molar-refractivity contribution in [1.82, 2.24) is 19.5 Å². The van der Waals surface area contributed by atoms with Crippen molar-refractivity contribution >= 4 is 34.1 Å². The maximum atomic E-state index is 12.6. The van der Waals surface area contributed by atoms with Crippen molar-refractivity contribution in [2.24, 2.45) is 11.8 Å². The van der Waals surface area contributed by atoms with Crippen LogP contribution in [0.2, 0.25) is 0 Å².